The van der Waals surface area contributed by atoms with Gasteiger partial charge >= 0.3 is 0 Å². The Kier molecular flexibility index (Phi) is 6.21. The van der Waals surface area contributed by atoms with E-state index < -0.39 is 0 Å². The van der Waals surface area contributed by atoms with E-state index in [1.165, 1.54) is 11.1 Å². The SMILES string of the molecule is c1ccc(-c2nc(-c3ccc4c(c3)-c3c(ccc5oc6ccccc6c35)C(c3ccccc3)N4)nc(-c3cccc4oc5ccccc5c34)n2)cc1. The van der Waals surface area contributed by atoms with Crippen LogP contribution in [0.15, 0.2) is 167 Å². The summed E-state index contributed by atoms with van der Waals surface area (Å²) in [6.45, 7) is 0. The van der Waals surface area contributed by atoms with Crippen molar-refractivity contribution >= 4 is 49.6 Å². The molecular weight excluding hydrogens is 641 g/mol. The second-order valence-corrected chi connectivity index (χ2v) is 13.2. The van der Waals surface area contributed by atoms with Crippen molar-refractivity contribution in [2.45, 2.75) is 6.04 Å². The molecule has 1 aliphatic heterocycles. The highest BCUT2D eigenvalue weighted by Gasteiger charge is 2.29. The van der Waals surface area contributed by atoms with Crippen LogP contribution in [0.2, 0.25) is 0 Å². The second-order valence-electron chi connectivity index (χ2n) is 13.2. The van der Waals surface area contributed by atoms with Crippen LogP contribution >= 0.6 is 0 Å². The van der Waals surface area contributed by atoms with E-state index in [0.29, 0.717) is 17.5 Å². The molecule has 1 aliphatic rings. The van der Waals surface area contributed by atoms with Gasteiger partial charge in [0, 0.05) is 55.0 Å². The molecular formula is C46H28N4O2. The summed E-state index contributed by atoms with van der Waals surface area (Å²) >= 11 is 0. The van der Waals surface area contributed by atoms with Crippen LogP contribution in [0.4, 0.5) is 5.69 Å². The average Bonchev–Trinajstić information content (AvgIpc) is 3.79. The lowest BCUT2D eigenvalue weighted by molar-refractivity contribution is 0.668. The predicted molar refractivity (Wildman–Crippen MR) is 208 cm³/mol. The third kappa shape index (κ3) is 4.41. The number of rotatable bonds is 4. The summed E-state index contributed by atoms with van der Waals surface area (Å²) in [6, 6.07) is 53.9. The lowest BCUT2D eigenvalue weighted by Gasteiger charge is -2.31. The quantitative estimate of drug-likeness (QED) is 0.201. The number of hydrogen-bond acceptors (Lipinski definition) is 6. The van der Waals surface area contributed by atoms with Crippen LogP contribution in [0.5, 0.6) is 0 Å². The summed E-state index contributed by atoms with van der Waals surface area (Å²) < 4.78 is 12.7. The van der Waals surface area contributed by atoms with E-state index in [1.54, 1.807) is 0 Å². The van der Waals surface area contributed by atoms with E-state index in [4.69, 9.17) is 23.8 Å². The molecule has 6 nitrogen and oxygen atoms in total. The Labute approximate surface area is 298 Å². The maximum absolute atomic E-state index is 6.42. The Morgan fingerprint density at radius 2 is 1.06 bits per heavy atom. The largest absolute Gasteiger partial charge is 0.456 e. The summed E-state index contributed by atoms with van der Waals surface area (Å²) in [7, 11) is 0. The van der Waals surface area contributed by atoms with Gasteiger partial charge in [-0.05, 0) is 53.6 Å². The first-order valence-electron chi connectivity index (χ1n) is 17.4. The Morgan fingerprint density at radius 3 is 1.83 bits per heavy atom. The molecule has 6 heteroatoms. The van der Waals surface area contributed by atoms with Gasteiger partial charge < -0.3 is 14.2 Å². The molecule has 7 aromatic carbocycles. The monoisotopic (exact) mass is 668 g/mol. The minimum atomic E-state index is -0.0358. The normalized spacial score (nSPS) is 13.7. The second kappa shape index (κ2) is 11.2. The number of aromatic nitrogens is 3. The molecule has 0 amide bonds. The van der Waals surface area contributed by atoms with Crippen LogP contribution in [0.1, 0.15) is 17.2 Å². The first-order chi connectivity index (χ1) is 25.8. The van der Waals surface area contributed by atoms with Crippen molar-refractivity contribution in [1.82, 2.24) is 15.0 Å². The lowest BCUT2D eigenvalue weighted by Crippen LogP contribution is -2.18. The van der Waals surface area contributed by atoms with Crippen molar-refractivity contribution in [2.24, 2.45) is 0 Å². The summed E-state index contributed by atoms with van der Waals surface area (Å²) in [4.78, 5) is 15.4. The van der Waals surface area contributed by atoms with Crippen molar-refractivity contribution in [2.75, 3.05) is 5.32 Å². The molecule has 0 radical (unpaired) electrons. The molecule has 1 N–H and O–H groups in total. The number of nitrogens with zero attached hydrogens (tertiary/aromatic N) is 3. The number of hydrogen-bond donors (Lipinski definition) is 1. The van der Waals surface area contributed by atoms with Gasteiger partial charge in [0.25, 0.3) is 0 Å². The smallest absolute Gasteiger partial charge is 0.164 e. The molecule has 10 aromatic rings. The van der Waals surface area contributed by atoms with E-state index in [-0.39, 0.29) is 6.04 Å². The van der Waals surface area contributed by atoms with E-state index in [1.807, 2.05) is 72.8 Å². The highest BCUT2D eigenvalue weighted by molar-refractivity contribution is 6.15. The van der Waals surface area contributed by atoms with Crippen molar-refractivity contribution in [3.63, 3.8) is 0 Å². The van der Waals surface area contributed by atoms with E-state index in [0.717, 1.165) is 77.4 Å². The first kappa shape index (κ1) is 28.8. The Bertz CT molecular complexity index is 3000. The molecule has 11 rings (SSSR count). The molecule has 0 saturated carbocycles. The zero-order valence-corrected chi connectivity index (χ0v) is 27.7. The minimum absolute atomic E-state index is 0.0358. The molecule has 0 spiro atoms. The Morgan fingerprint density at radius 1 is 0.442 bits per heavy atom. The summed E-state index contributed by atoms with van der Waals surface area (Å²) in [5, 5.41) is 8.07. The van der Waals surface area contributed by atoms with Gasteiger partial charge in [-0.25, -0.2) is 15.0 Å². The van der Waals surface area contributed by atoms with Gasteiger partial charge in [0.2, 0.25) is 0 Å². The molecule has 1 atom stereocenters. The number of nitrogens with one attached hydrogen (secondary N) is 1. The zero-order valence-electron chi connectivity index (χ0n) is 27.7. The average molecular weight is 669 g/mol. The van der Waals surface area contributed by atoms with Crippen LogP contribution in [0, 0.1) is 0 Å². The third-order valence-electron chi connectivity index (χ3n) is 10.2. The fraction of sp³-hybridized carbons (Fsp3) is 0.0217. The molecule has 244 valence electrons. The number of benzene rings is 7. The number of para-hydroxylation sites is 2. The highest BCUT2D eigenvalue weighted by Crippen LogP contribution is 2.49. The van der Waals surface area contributed by atoms with E-state index in [2.05, 4.69) is 90.2 Å². The van der Waals surface area contributed by atoms with Gasteiger partial charge in [-0.1, -0.05) is 115 Å². The maximum Gasteiger partial charge on any atom is 0.164 e. The molecule has 3 aromatic heterocycles. The van der Waals surface area contributed by atoms with Crippen molar-refractivity contribution in [3.8, 4) is 45.3 Å². The highest BCUT2D eigenvalue weighted by atomic mass is 16.3. The summed E-state index contributed by atoms with van der Waals surface area (Å²) in [6.07, 6.45) is 0. The summed E-state index contributed by atoms with van der Waals surface area (Å²) in [5.74, 6) is 1.78. The lowest BCUT2D eigenvalue weighted by atomic mass is 9.83. The van der Waals surface area contributed by atoms with Crippen molar-refractivity contribution in [3.05, 3.63) is 169 Å². The van der Waals surface area contributed by atoms with Crippen LogP contribution in [0.25, 0.3) is 89.2 Å². The van der Waals surface area contributed by atoms with Gasteiger partial charge in [0.15, 0.2) is 17.5 Å². The van der Waals surface area contributed by atoms with Gasteiger partial charge in [-0.3, -0.25) is 0 Å². The fourth-order valence-corrected chi connectivity index (χ4v) is 7.82. The molecule has 4 heterocycles. The molecule has 52 heavy (non-hydrogen) atoms. The third-order valence-corrected chi connectivity index (χ3v) is 10.2. The van der Waals surface area contributed by atoms with Crippen molar-refractivity contribution in [1.29, 1.82) is 0 Å². The van der Waals surface area contributed by atoms with E-state index in [9.17, 15) is 0 Å². The zero-order chi connectivity index (χ0) is 34.2. The number of anilines is 1. The van der Waals surface area contributed by atoms with Gasteiger partial charge in [0.05, 0.1) is 6.04 Å². The Hall–Kier alpha value is -7.05. The number of furan rings is 2. The minimum Gasteiger partial charge on any atom is -0.456 e. The van der Waals surface area contributed by atoms with Crippen LogP contribution < -0.4 is 5.32 Å². The maximum atomic E-state index is 6.42. The van der Waals surface area contributed by atoms with Crippen molar-refractivity contribution < 1.29 is 8.83 Å². The summed E-state index contributed by atoms with van der Waals surface area (Å²) in [5.41, 5.74) is 11.7. The van der Waals surface area contributed by atoms with Crippen LogP contribution in [-0.2, 0) is 0 Å². The molecule has 0 saturated heterocycles. The molecule has 0 aliphatic carbocycles. The van der Waals surface area contributed by atoms with Gasteiger partial charge in [0.1, 0.15) is 22.3 Å². The first-order valence-corrected chi connectivity index (χ1v) is 17.4. The van der Waals surface area contributed by atoms with Crippen LogP contribution in [-0.4, -0.2) is 15.0 Å². The number of fused-ring (bicyclic) bond motifs is 10. The topological polar surface area (TPSA) is 77.0 Å². The molecule has 1 unspecified atom stereocenters. The predicted octanol–water partition coefficient (Wildman–Crippen LogP) is 11.9. The fourth-order valence-electron chi connectivity index (χ4n) is 7.82. The standard InChI is InChI=1S/C46H28N4O2/c1-3-12-27(13-4-1)43-32-23-25-39-42(31-17-8-10-20-37(31)52-39)41(32)34-26-29(22-24-35(34)47-43)45-48-44(28-14-5-2-6-15-28)49-46(50-45)33-18-11-21-38-40(33)30-16-7-9-19-36(30)51-38/h1-26,43,47H. The van der Waals surface area contributed by atoms with Gasteiger partial charge in [-0.15, -0.1) is 0 Å². The molecule has 0 fully saturated rings. The van der Waals surface area contributed by atoms with Crippen LogP contribution in [0.3, 0.4) is 0 Å². The Balaban J connectivity index is 1.16. The molecule has 0 bridgehead atoms. The van der Waals surface area contributed by atoms with Gasteiger partial charge in [-0.2, -0.15) is 0 Å². The van der Waals surface area contributed by atoms with E-state index >= 15 is 0 Å².